The van der Waals surface area contributed by atoms with E-state index in [4.69, 9.17) is 9.90 Å². The molecule has 0 radical (unpaired) electrons. The summed E-state index contributed by atoms with van der Waals surface area (Å²) in [5.41, 5.74) is 0. The molecule has 0 aliphatic carbocycles. The van der Waals surface area contributed by atoms with Crippen molar-refractivity contribution in [3.8, 4) is 0 Å². The lowest BCUT2D eigenvalue weighted by Gasteiger charge is -1.93. The number of hydrogen-bond acceptors (Lipinski definition) is 1. The summed E-state index contributed by atoms with van der Waals surface area (Å²) in [6.07, 6.45) is -5.08. The van der Waals surface area contributed by atoms with Crippen LogP contribution in [0.2, 0.25) is 0 Å². The molecule has 1 aromatic carbocycles. The smallest absolute Gasteiger partial charge is 0.475 e. The minimum Gasteiger partial charge on any atom is -0.475 e. The van der Waals surface area contributed by atoms with Crippen molar-refractivity contribution in [1.29, 1.82) is 0 Å². The maximum atomic E-state index is 10.6. The summed E-state index contributed by atoms with van der Waals surface area (Å²) in [6, 6.07) is 12.0. The van der Waals surface area contributed by atoms with Gasteiger partial charge in [0.1, 0.15) is 0 Å². The lowest BCUT2D eigenvalue weighted by molar-refractivity contribution is -0.192. The number of rotatable bonds is 0. The quantitative estimate of drug-likeness (QED) is 0.746. The summed E-state index contributed by atoms with van der Waals surface area (Å²) < 4.78 is 31.7. The van der Waals surface area contributed by atoms with Crippen LogP contribution in [0.25, 0.3) is 0 Å². The van der Waals surface area contributed by atoms with Crippen LogP contribution in [0.15, 0.2) is 36.4 Å². The summed E-state index contributed by atoms with van der Waals surface area (Å²) in [5, 5.41) is 7.12. The van der Waals surface area contributed by atoms with Crippen molar-refractivity contribution in [2.24, 2.45) is 0 Å². The van der Waals surface area contributed by atoms with Gasteiger partial charge in [-0.15, -0.1) is 0 Å². The highest BCUT2D eigenvalue weighted by molar-refractivity contribution is 5.73. The molecule has 0 bridgehead atoms. The van der Waals surface area contributed by atoms with Gasteiger partial charge in [0.05, 0.1) is 0 Å². The molecule has 0 aromatic heterocycles. The molecular weight excluding hydrogens is 280 g/mol. The molecule has 0 saturated heterocycles. The maximum absolute atomic E-state index is 10.6. The van der Waals surface area contributed by atoms with Gasteiger partial charge >= 0.3 is 12.1 Å². The van der Waals surface area contributed by atoms with Crippen molar-refractivity contribution in [2.75, 3.05) is 0 Å². The average molecular weight is 292 g/mol. The van der Waals surface area contributed by atoms with Crippen LogP contribution >= 0.6 is 0 Å². The monoisotopic (exact) mass is 292 g/mol. The van der Waals surface area contributed by atoms with Crippen LogP contribution in [-0.2, 0) is 4.79 Å². The third-order valence-electron chi connectivity index (χ3n) is 0.909. The number of aliphatic carboxylic acids is 1. The van der Waals surface area contributed by atoms with Crippen LogP contribution < -0.4 is 0 Å². The molecule has 0 unspecified atom stereocenters. The van der Waals surface area contributed by atoms with Crippen LogP contribution in [0.1, 0.15) is 0 Å². The molecule has 0 atom stereocenters. The third kappa shape index (κ3) is 23.7. The first kappa shape index (κ1) is 36.0. The van der Waals surface area contributed by atoms with Gasteiger partial charge in [-0.1, -0.05) is 36.4 Å². The second kappa shape index (κ2) is 17.5. The van der Waals surface area contributed by atoms with E-state index < -0.39 is 12.1 Å². The number of hydrogen-bond donors (Lipinski definition) is 1. The molecule has 10 heteroatoms. The Morgan fingerprint density at radius 1 is 0.722 bits per heavy atom. The Labute approximate surface area is 96.3 Å². The van der Waals surface area contributed by atoms with Crippen LogP contribution in [0.5, 0.6) is 0 Å². The van der Waals surface area contributed by atoms with Crippen LogP contribution in [0.3, 0.4) is 0 Å². The molecule has 0 aliphatic rings. The van der Waals surface area contributed by atoms with Gasteiger partial charge in [0, 0.05) is 0 Å². The Kier molecular flexibility index (Phi) is 35.0. The highest BCUT2D eigenvalue weighted by atomic mass is 19.4. The van der Waals surface area contributed by atoms with Crippen molar-refractivity contribution in [2.45, 2.75) is 6.18 Å². The maximum Gasteiger partial charge on any atom is 0.490 e. The number of carbonyl (C=O) groups is 1. The van der Waals surface area contributed by atoms with Gasteiger partial charge in [0.2, 0.25) is 0 Å². The fourth-order valence-corrected chi connectivity index (χ4v) is 0.385. The lowest BCUT2D eigenvalue weighted by atomic mass is 10.4. The second-order valence-electron chi connectivity index (χ2n) is 1.96. The Morgan fingerprint density at radius 2 is 0.833 bits per heavy atom. The highest BCUT2D eigenvalue weighted by Crippen LogP contribution is 2.13. The molecular formula is C8H12F8O2. The summed E-state index contributed by atoms with van der Waals surface area (Å²) in [6.45, 7) is 0. The first-order valence-corrected chi connectivity index (χ1v) is 3.24. The van der Waals surface area contributed by atoms with Gasteiger partial charge < -0.3 is 5.11 Å². The van der Waals surface area contributed by atoms with E-state index in [0.29, 0.717) is 0 Å². The topological polar surface area (TPSA) is 37.3 Å². The van der Waals surface area contributed by atoms with Crippen LogP contribution in [0, 0.1) is 0 Å². The zero-order valence-corrected chi connectivity index (χ0v) is 8.49. The van der Waals surface area contributed by atoms with Crippen molar-refractivity contribution >= 4 is 5.97 Å². The van der Waals surface area contributed by atoms with E-state index in [2.05, 4.69) is 0 Å². The summed E-state index contributed by atoms with van der Waals surface area (Å²) in [5.74, 6) is -2.76. The third-order valence-corrected chi connectivity index (χ3v) is 0.909. The normalized spacial score (nSPS) is 7.06. The zero-order chi connectivity index (χ0) is 10.3. The van der Waals surface area contributed by atoms with Gasteiger partial charge in [0.15, 0.2) is 0 Å². The average Bonchev–Trinajstić information content (AvgIpc) is 2.07. The Morgan fingerprint density at radius 3 is 0.889 bits per heavy atom. The largest absolute Gasteiger partial charge is 0.490 e. The van der Waals surface area contributed by atoms with Gasteiger partial charge in [-0.25, -0.2) is 4.79 Å². The number of carboxylic acid groups (broad SMARTS) is 1. The second-order valence-corrected chi connectivity index (χ2v) is 1.96. The van der Waals surface area contributed by atoms with E-state index in [1.807, 2.05) is 36.4 Å². The molecule has 1 rings (SSSR count). The lowest BCUT2D eigenvalue weighted by Crippen LogP contribution is -2.21. The van der Waals surface area contributed by atoms with Crippen molar-refractivity contribution in [3.63, 3.8) is 0 Å². The van der Waals surface area contributed by atoms with E-state index in [-0.39, 0.29) is 23.5 Å². The number of alkyl halides is 3. The minimum absolute atomic E-state index is 0. The Balaban J connectivity index is -0.0000000314. The zero-order valence-electron chi connectivity index (χ0n) is 8.49. The predicted molar refractivity (Wildman–Crippen MR) is 52.6 cm³/mol. The predicted octanol–water partition coefficient (Wildman–Crippen LogP) is 3.08. The molecule has 0 fully saturated rings. The Bertz CT molecular complexity index is 224. The minimum atomic E-state index is -5.08. The molecule has 0 saturated carbocycles. The first-order valence-electron chi connectivity index (χ1n) is 3.24. The van der Waals surface area contributed by atoms with Gasteiger partial charge in [0.25, 0.3) is 0 Å². The SMILES string of the molecule is F.F.F.F.F.O=C(O)C(F)(F)F.c1ccccc1. The Hall–Kier alpha value is -1.87. The van der Waals surface area contributed by atoms with Crippen molar-refractivity contribution in [1.82, 2.24) is 0 Å². The standard InChI is InChI=1S/C6H6.C2HF3O2.5FH/c1-2-4-6-5-3-1;3-2(4,5)1(6)7;;;;;/h1-6H;(H,6,7);5*1H. The number of carboxylic acids is 1. The van der Waals surface area contributed by atoms with Crippen LogP contribution in [0.4, 0.5) is 36.7 Å². The molecule has 112 valence electrons. The van der Waals surface area contributed by atoms with E-state index in [0.717, 1.165) is 0 Å². The molecule has 0 spiro atoms. The molecule has 0 aliphatic heterocycles. The van der Waals surface area contributed by atoms with Crippen molar-refractivity contribution in [3.05, 3.63) is 36.4 Å². The fraction of sp³-hybridized carbons (Fsp3) is 0.125. The summed E-state index contributed by atoms with van der Waals surface area (Å²) in [7, 11) is 0. The molecule has 2 nitrogen and oxygen atoms in total. The fourth-order valence-electron chi connectivity index (χ4n) is 0.385. The van der Waals surface area contributed by atoms with Gasteiger partial charge in [-0.05, 0) is 0 Å². The molecule has 1 aromatic rings. The number of benzene rings is 1. The first-order chi connectivity index (χ1) is 5.94. The molecule has 0 heterocycles. The molecule has 0 amide bonds. The van der Waals surface area contributed by atoms with Crippen molar-refractivity contribution < 1.29 is 46.6 Å². The van der Waals surface area contributed by atoms with Crippen LogP contribution in [-0.4, -0.2) is 17.3 Å². The highest BCUT2D eigenvalue weighted by Gasteiger charge is 2.38. The number of halogens is 8. The van der Waals surface area contributed by atoms with E-state index in [1.165, 1.54) is 0 Å². The van der Waals surface area contributed by atoms with E-state index in [1.54, 1.807) is 0 Å². The van der Waals surface area contributed by atoms with Gasteiger partial charge in [-0.2, -0.15) is 13.2 Å². The van der Waals surface area contributed by atoms with E-state index in [9.17, 15) is 13.2 Å². The summed E-state index contributed by atoms with van der Waals surface area (Å²) >= 11 is 0. The molecule has 1 N–H and O–H groups in total. The van der Waals surface area contributed by atoms with Gasteiger partial charge in [-0.3, -0.25) is 23.5 Å². The molecule has 18 heavy (non-hydrogen) atoms. The summed E-state index contributed by atoms with van der Waals surface area (Å²) in [4.78, 5) is 8.90. The van der Waals surface area contributed by atoms with E-state index >= 15 is 0 Å².